The largest absolute Gasteiger partial charge is 0.463 e. The van der Waals surface area contributed by atoms with Crippen molar-refractivity contribution in [2.75, 3.05) is 13.2 Å². The minimum atomic E-state index is -0.557. The van der Waals surface area contributed by atoms with E-state index in [9.17, 15) is 14.4 Å². The van der Waals surface area contributed by atoms with E-state index in [0.29, 0.717) is 38.0 Å². The fourth-order valence-corrected chi connectivity index (χ4v) is 2.43. The smallest absolute Gasteiger partial charge is 0.333 e. The van der Waals surface area contributed by atoms with E-state index in [1.807, 2.05) is 20.8 Å². The van der Waals surface area contributed by atoms with Gasteiger partial charge >= 0.3 is 11.9 Å². The lowest BCUT2D eigenvalue weighted by Crippen LogP contribution is -2.56. The third-order valence-electron chi connectivity index (χ3n) is 3.61. The maximum absolute atomic E-state index is 12.3. The predicted molar refractivity (Wildman–Crippen MR) is 93.3 cm³/mol. The van der Waals surface area contributed by atoms with Gasteiger partial charge in [-0.15, -0.1) is 0 Å². The molecule has 0 saturated carbocycles. The lowest BCUT2D eigenvalue weighted by Gasteiger charge is -2.34. The minimum Gasteiger partial charge on any atom is -0.463 e. The topological polar surface area (TPSA) is 84.9 Å². The van der Waals surface area contributed by atoms with Gasteiger partial charge in [-0.2, -0.15) is 0 Å². The van der Waals surface area contributed by atoms with E-state index in [4.69, 9.17) is 9.47 Å². The Morgan fingerprint density at radius 1 is 1.24 bits per heavy atom. The number of nitrogens with zero attached hydrogens (tertiary/aromatic N) is 1. The number of rotatable bonds is 7. The normalized spacial score (nSPS) is 17.8. The molecule has 1 aliphatic rings. The fraction of sp³-hybridized carbons (Fsp3) is 0.722. The molecule has 1 aliphatic heterocycles. The SMILES string of the molecule is C=C(CCCC(=O)N1CCC[C@@H](C(=O)OC(C)(C)C)N1)C(=O)OCC. The van der Waals surface area contributed by atoms with Gasteiger partial charge < -0.3 is 9.47 Å². The molecule has 142 valence electrons. The number of ether oxygens (including phenoxy) is 2. The van der Waals surface area contributed by atoms with Crippen LogP contribution in [0.3, 0.4) is 0 Å². The van der Waals surface area contributed by atoms with Crippen molar-refractivity contribution in [1.82, 2.24) is 10.4 Å². The van der Waals surface area contributed by atoms with Crippen molar-refractivity contribution < 1.29 is 23.9 Å². The summed E-state index contributed by atoms with van der Waals surface area (Å²) in [4.78, 5) is 35.9. The molecule has 1 amide bonds. The first kappa shape index (κ1) is 21.2. The third kappa shape index (κ3) is 7.69. The van der Waals surface area contributed by atoms with Crippen LogP contribution in [0.4, 0.5) is 0 Å². The Morgan fingerprint density at radius 2 is 1.92 bits per heavy atom. The van der Waals surface area contributed by atoms with Crippen LogP contribution in [0.15, 0.2) is 12.2 Å². The highest BCUT2D eigenvalue weighted by atomic mass is 16.6. The summed E-state index contributed by atoms with van der Waals surface area (Å²) in [5, 5.41) is 1.48. The average molecular weight is 354 g/mol. The van der Waals surface area contributed by atoms with Crippen LogP contribution >= 0.6 is 0 Å². The molecule has 1 rings (SSSR count). The molecule has 25 heavy (non-hydrogen) atoms. The Hall–Kier alpha value is -1.89. The molecule has 0 spiro atoms. The Labute approximate surface area is 149 Å². The quantitative estimate of drug-likeness (QED) is 0.557. The van der Waals surface area contributed by atoms with Crippen LogP contribution in [0.5, 0.6) is 0 Å². The first-order chi connectivity index (χ1) is 11.6. The van der Waals surface area contributed by atoms with Crippen molar-refractivity contribution in [2.45, 2.75) is 71.4 Å². The zero-order chi connectivity index (χ0) is 19.0. The van der Waals surface area contributed by atoms with Crippen LogP contribution in [0.1, 0.15) is 59.8 Å². The molecule has 0 unspecified atom stereocenters. The van der Waals surface area contributed by atoms with Gasteiger partial charge in [0.15, 0.2) is 0 Å². The molecular weight excluding hydrogens is 324 g/mol. The fourth-order valence-electron chi connectivity index (χ4n) is 2.43. The van der Waals surface area contributed by atoms with Crippen molar-refractivity contribution in [1.29, 1.82) is 0 Å². The molecule has 0 aromatic rings. The number of carbonyl (C=O) groups excluding carboxylic acids is 3. The van der Waals surface area contributed by atoms with Crippen LogP contribution in [0.25, 0.3) is 0 Å². The minimum absolute atomic E-state index is 0.107. The molecule has 7 nitrogen and oxygen atoms in total. The van der Waals surface area contributed by atoms with Gasteiger partial charge in [0, 0.05) is 18.5 Å². The van der Waals surface area contributed by atoms with E-state index in [2.05, 4.69) is 12.0 Å². The van der Waals surface area contributed by atoms with E-state index in [1.54, 1.807) is 6.92 Å². The van der Waals surface area contributed by atoms with Gasteiger partial charge in [0.25, 0.3) is 0 Å². The zero-order valence-electron chi connectivity index (χ0n) is 15.7. The Kier molecular flexibility index (Phi) is 8.09. The maximum atomic E-state index is 12.3. The predicted octanol–water partition coefficient (Wildman–Crippen LogP) is 2.11. The summed E-state index contributed by atoms with van der Waals surface area (Å²) >= 11 is 0. The van der Waals surface area contributed by atoms with E-state index in [-0.39, 0.29) is 18.3 Å². The first-order valence-electron chi connectivity index (χ1n) is 8.78. The van der Waals surface area contributed by atoms with Gasteiger partial charge in [-0.05, 0) is 53.4 Å². The van der Waals surface area contributed by atoms with Crippen LogP contribution in [0, 0.1) is 0 Å². The first-order valence-corrected chi connectivity index (χ1v) is 8.78. The zero-order valence-corrected chi connectivity index (χ0v) is 15.7. The molecule has 0 aliphatic carbocycles. The number of hydrazine groups is 1. The molecule has 1 saturated heterocycles. The molecule has 0 bridgehead atoms. The van der Waals surface area contributed by atoms with Gasteiger partial charge in [0.2, 0.25) is 5.91 Å². The molecule has 1 N–H and O–H groups in total. The van der Waals surface area contributed by atoms with Crippen molar-refractivity contribution in [3.63, 3.8) is 0 Å². The second-order valence-corrected chi connectivity index (χ2v) is 7.08. The monoisotopic (exact) mass is 354 g/mol. The number of hydrogen-bond donors (Lipinski definition) is 1. The number of nitrogens with one attached hydrogen (secondary N) is 1. The van der Waals surface area contributed by atoms with Crippen molar-refractivity contribution in [2.24, 2.45) is 0 Å². The summed E-state index contributed by atoms with van der Waals surface area (Å²) < 4.78 is 10.2. The van der Waals surface area contributed by atoms with E-state index in [1.165, 1.54) is 5.01 Å². The van der Waals surface area contributed by atoms with Gasteiger partial charge in [-0.1, -0.05) is 6.58 Å². The number of hydrogen-bond acceptors (Lipinski definition) is 6. The summed E-state index contributed by atoms with van der Waals surface area (Å²) in [5.74, 6) is -0.873. The van der Waals surface area contributed by atoms with Gasteiger partial charge in [0.05, 0.1) is 6.61 Å². The highest BCUT2D eigenvalue weighted by molar-refractivity contribution is 5.87. The van der Waals surface area contributed by atoms with Crippen LogP contribution in [-0.4, -0.2) is 47.6 Å². The molecule has 7 heteroatoms. The molecule has 1 heterocycles. The Bertz CT molecular complexity index is 510. The van der Waals surface area contributed by atoms with Crippen molar-refractivity contribution in [3.05, 3.63) is 12.2 Å². The summed E-state index contributed by atoms with van der Waals surface area (Å²) in [7, 11) is 0. The highest BCUT2D eigenvalue weighted by Gasteiger charge is 2.31. The Balaban J connectivity index is 2.41. The molecule has 0 aromatic carbocycles. The molecular formula is C18H30N2O5. The standard InChI is InChI=1S/C18H30N2O5/c1-6-24-16(22)13(2)9-7-11-15(21)20-12-8-10-14(19-20)17(23)25-18(3,4)5/h14,19H,2,6-12H2,1,3-5H3/t14-/m0/s1. The maximum Gasteiger partial charge on any atom is 0.333 e. The summed E-state index contributed by atoms with van der Waals surface area (Å²) in [6, 6.07) is -0.508. The summed E-state index contributed by atoms with van der Waals surface area (Å²) in [6.07, 6.45) is 2.56. The van der Waals surface area contributed by atoms with E-state index >= 15 is 0 Å². The van der Waals surface area contributed by atoms with E-state index in [0.717, 1.165) is 6.42 Å². The lowest BCUT2D eigenvalue weighted by molar-refractivity contribution is -0.161. The second kappa shape index (κ2) is 9.56. The number of esters is 2. The summed E-state index contributed by atoms with van der Waals surface area (Å²) in [6.45, 7) is 11.7. The number of amides is 1. The summed E-state index contributed by atoms with van der Waals surface area (Å²) in [5.41, 5.74) is 2.76. The van der Waals surface area contributed by atoms with Crippen LogP contribution in [0.2, 0.25) is 0 Å². The lowest BCUT2D eigenvalue weighted by atomic mass is 10.1. The molecule has 0 aromatic heterocycles. The van der Waals surface area contributed by atoms with Crippen LogP contribution < -0.4 is 5.43 Å². The second-order valence-electron chi connectivity index (χ2n) is 7.08. The Morgan fingerprint density at radius 3 is 2.52 bits per heavy atom. The van der Waals surface area contributed by atoms with Gasteiger partial charge in [-0.3, -0.25) is 14.6 Å². The van der Waals surface area contributed by atoms with Crippen molar-refractivity contribution in [3.8, 4) is 0 Å². The van der Waals surface area contributed by atoms with Gasteiger partial charge in [0.1, 0.15) is 11.6 Å². The number of carbonyl (C=O) groups is 3. The van der Waals surface area contributed by atoms with Crippen molar-refractivity contribution >= 4 is 17.8 Å². The molecule has 0 radical (unpaired) electrons. The molecule has 1 atom stereocenters. The average Bonchev–Trinajstić information content (AvgIpc) is 2.53. The highest BCUT2D eigenvalue weighted by Crippen LogP contribution is 2.15. The van der Waals surface area contributed by atoms with Crippen LogP contribution in [-0.2, 0) is 23.9 Å². The van der Waals surface area contributed by atoms with Gasteiger partial charge in [-0.25, -0.2) is 10.2 Å². The van der Waals surface area contributed by atoms with E-state index < -0.39 is 17.6 Å². The molecule has 1 fully saturated rings. The third-order valence-corrected chi connectivity index (χ3v) is 3.61.